The van der Waals surface area contributed by atoms with Crippen molar-refractivity contribution in [2.24, 2.45) is 0 Å². The zero-order valence-electron chi connectivity index (χ0n) is 18.6. The fraction of sp³-hybridized carbons (Fsp3) is 0.292. The number of aromatic amines is 1. The number of nitrogen functional groups attached to an aromatic ring is 1. The maximum Gasteiger partial charge on any atom is 0.268 e. The van der Waals surface area contributed by atoms with Gasteiger partial charge in [0.15, 0.2) is 5.78 Å². The number of fused-ring (bicyclic) bond motifs is 3. The molecule has 0 saturated carbocycles. The molecule has 2 aromatic carbocycles. The van der Waals surface area contributed by atoms with Gasteiger partial charge in [0.2, 0.25) is 0 Å². The first-order chi connectivity index (χ1) is 16.0. The van der Waals surface area contributed by atoms with Crippen molar-refractivity contribution in [3.05, 3.63) is 53.1 Å². The van der Waals surface area contributed by atoms with Gasteiger partial charge in [0.1, 0.15) is 11.4 Å². The lowest BCUT2D eigenvalue weighted by atomic mass is 9.98. The SMILES string of the molecule is CCN1CCN(NC(=O)c2c(N)ccc3c2C(=O)c2c(-c4ccc(OC)cc4)n[nH]c2-3)CC1. The minimum absolute atomic E-state index is 0.209. The van der Waals surface area contributed by atoms with E-state index in [0.29, 0.717) is 46.9 Å². The first-order valence-electron chi connectivity index (χ1n) is 11.0. The Morgan fingerprint density at radius 3 is 2.52 bits per heavy atom. The number of benzene rings is 2. The highest BCUT2D eigenvalue weighted by Gasteiger charge is 2.37. The number of hydrogen-bond acceptors (Lipinski definition) is 7. The van der Waals surface area contributed by atoms with Crippen LogP contribution >= 0.6 is 0 Å². The number of H-pyrrole nitrogens is 1. The lowest BCUT2D eigenvalue weighted by Crippen LogP contribution is -2.53. The lowest BCUT2D eigenvalue weighted by Gasteiger charge is -2.34. The van der Waals surface area contributed by atoms with Crippen LogP contribution in [-0.4, -0.2) is 71.6 Å². The van der Waals surface area contributed by atoms with Crippen molar-refractivity contribution in [3.63, 3.8) is 0 Å². The molecule has 3 aromatic rings. The number of rotatable bonds is 5. The normalized spacial score (nSPS) is 15.9. The number of likely N-dealkylation sites (N-methyl/N-ethyl adjacent to an activating group) is 1. The smallest absolute Gasteiger partial charge is 0.268 e. The van der Waals surface area contributed by atoms with Crippen LogP contribution in [0.25, 0.3) is 22.5 Å². The molecule has 0 bridgehead atoms. The Hall–Kier alpha value is -3.69. The molecule has 2 aliphatic rings. The maximum atomic E-state index is 13.6. The predicted octanol–water partition coefficient (Wildman–Crippen LogP) is 2.16. The summed E-state index contributed by atoms with van der Waals surface area (Å²) >= 11 is 0. The Morgan fingerprint density at radius 2 is 1.85 bits per heavy atom. The molecule has 1 aliphatic carbocycles. The van der Waals surface area contributed by atoms with Crippen LogP contribution in [0.15, 0.2) is 36.4 Å². The number of piperazine rings is 1. The van der Waals surface area contributed by atoms with E-state index >= 15 is 0 Å². The van der Waals surface area contributed by atoms with E-state index in [1.165, 1.54) is 0 Å². The molecule has 1 amide bonds. The van der Waals surface area contributed by atoms with Crippen LogP contribution in [0.1, 0.15) is 33.2 Å². The Morgan fingerprint density at radius 1 is 1.12 bits per heavy atom. The van der Waals surface area contributed by atoms with Crippen LogP contribution in [0.5, 0.6) is 5.75 Å². The second-order valence-corrected chi connectivity index (χ2v) is 8.19. The quantitative estimate of drug-likeness (QED) is 0.402. The second-order valence-electron chi connectivity index (χ2n) is 8.19. The van der Waals surface area contributed by atoms with Crippen LogP contribution < -0.4 is 15.9 Å². The van der Waals surface area contributed by atoms with Crippen molar-refractivity contribution in [3.8, 4) is 28.3 Å². The molecule has 4 N–H and O–H groups in total. The molecule has 1 aliphatic heterocycles. The molecule has 9 nitrogen and oxygen atoms in total. The summed E-state index contributed by atoms with van der Waals surface area (Å²) in [5.41, 5.74) is 13.0. The Kier molecular flexibility index (Phi) is 5.35. The number of nitrogens with one attached hydrogen (secondary N) is 2. The van der Waals surface area contributed by atoms with Crippen LogP contribution in [-0.2, 0) is 0 Å². The monoisotopic (exact) mass is 446 g/mol. The maximum absolute atomic E-state index is 13.6. The molecule has 5 rings (SSSR count). The van der Waals surface area contributed by atoms with Gasteiger partial charge in [-0.15, -0.1) is 0 Å². The van der Waals surface area contributed by atoms with Gasteiger partial charge in [-0.2, -0.15) is 5.10 Å². The zero-order valence-corrected chi connectivity index (χ0v) is 18.6. The third-order valence-corrected chi connectivity index (χ3v) is 6.40. The van der Waals surface area contributed by atoms with Crippen molar-refractivity contribution in [1.29, 1.82) is 0 Å². The van der Waals surface area contributed by atoms with E-state index in [1.54, 1.807) is 19.2 Å². The van der Waals surface area contributed by atoms with E-state index in [2.05, 4.69) is 27.4 Å². The highest BCUT2D eigenvalue weighted by Crippen LogP contribution is 2.43. The number of hydrogen-bond donors (Lipinski definition) is 3. The minimum Gasteiger partial charge on any atom is -0.497 e. The molecule has 2 heterocycles. The Balaban J connectivity index is 1.47. The van der Waals surface area contributed by atoms with Gasteiger partial charge in [0.05, 0.1) is 23.9 Å². The van der Waals surface area contributed by atoms with E-state index in [-0.39, 0.29) is 22.9 Å². The van der Waals surface area contributed by atoms with E-state index in [9.17, 15) is 9.59 Å². The molecule has 170 valence electrons. The molecule has 1 fully saturated rings. The number of hydrazine groups is 1. The number of nitrogens with zero attached hydrogens (tertiary/aromatic N) is 3. The van der Waals surface area contributed by atoms with Crippen LogP contribution in [0.2, 0.25) is 0 Å². The zero-order chi connectivity index (χ0) is 23.1. The summed E-state index contributed by atoms with van der Waals surface area (Å²) in [5.74, 6) is 0.0895. The highest BCUT2D eigenvalue weighted by atomic mass is 16.5. The van der Waals surface area contributed by atoms with E-state index in [0.717, 1.165) is 25.2 Å². The lowest BCUT2D eigenvalue weighted by molar-refractivity contribution is 0.0629. The topological polar surface area (TPSA) is 117 Å². The van der Waals surface area contributed by atoms with Gasteiger partial charge in [0, 0.05) is 48.6 Å². The fourth-order valence-corrected chi connectivity index (χ4v) is 4.52. The number of methoxy groups -OCH3 is 1. The number of ether oxygens (including phenoxy) is 1. The van der Waals surface area contributed by atoms with Crippen molar-refractivity contribution in [1.82, 2.24) is 25.5 Å². The molecule has 0 atom stereocenters. The molecule has 0 unspecified atom stereocenters. The van der Waals surface area contributed by atoms with Crippen LogP contribution in [0.4, 0.5) is 5.69 Å². The van der Waals surface area contributed by atoms with Gasteiger partial charge in [-0.25, -0.2) is 5.01 Å². The van der Waals surface area contributed by atoms with Gasteiger partial charge in [-0.3, -0.25) is 20.1 Å². The molecular formula is C24H26N6O3. The third kappa shape index (κ3) is 3.55. The fourth-order valence-electron chi connectivity index (χ4n) is 4.52. The first-order valence-corrected chi connectivity index (χ1v) is 11.0. The summed E-state index contributed by atoms with van der Waals surface area (Å²) in [7, 11) is 1.60. The second kappa shape index (κ2) is 8.34. The predicted molar refractivity (Wildman–Crippen MR) is 125 cm³/mol. The van der Waals surface area contributed by atoms with E-state index < -0.39 is 0 Å². The summed E-state index contributed by atoms with van der Waals surface area (Å²) < 4.78 is 5.22. The standard InChI is InChI=1S/C24H26N6O3/c1-3-29-10-12-30(13-11-29)28-24(32)19-17(25)9-8-16-18(19)23(31)20-21(26-27-22(16)20)14-4-6-15(33-2)7-5-14/h4-9H,3,10-13,25H2,1-2H3,(H,26,27)(H,28,32). The molecule has 33 heavy (non-hydrogen) atoms. The van der Waals surface area contributed by atoms with Gasteiger partial charge >= 0.3 is 0 Å². The van der Waals surface area contributed by atoms with Crippen molar-refractivity contribution in [2.45, 2.75) is 6.92 Å². The number of aromatic nitrogens is 2. The van der Waals surface area contributed by atoms with Gasteiger partial charge in [-0.1, -0.05) is 6.92 Å². The molecule has 0 spiro atoms. The minimum atomic E-state index is -0.369. The third-order valence-electron chi connectivity index (χ3n) is 6.40. The summed E-state index contributed by atoms with van der Waals surface area (Å²) in [6.45, 7) is 6.29. The van der Waals surface area contributed by atoms with Crippen LogP contribution in [0, 0.1) is 0 Å². The Labute approximate surface area is 191 Å². The molecule has 9 heteroatoms. The Bertz CT molecular complexity index is 1230. The van der Waals surface area contributed by atoms with Gasteiger partial charge in [0.25, 0.3) is 5.91 Å². The van der Waals surface area contributed by atoms with Crippen LogP contribution in [0.3, 0.4) is 0 Å². The summed E-state index contributed by atoms with van der Waals surface area (Å²) in [6, 6.07) is 10.8. The molecule has 0 radical (unpaired) electrons. The molecule has 1 aromatic heterocycles. The number of ketones is 1. The average Bonchev–Trinajstić information content (AvgIpc) is 3.39. The van der Waals surface area contributed by atoms with Gasteiger partial charge in [-0.05, 0) is 42.9 Å². The highest BCUT2D eigenvalue weighted by molar-refractivity contribution is 6.28. The van der Waals surface area contributed by atoms with Gasteiger partial charge < -0.3 is 15.4 Å². The number of carbonyl (C=O) groups excluding carboxylic acids is 2. The number of carbonyl (C=O) groups is 2. The largest absolute Gasteiger partial charge is 0.497 e. The molecular weight excluding hydrogens is 420 g/mol. The van der Waals surface area contributed by atoms with E-state index in [4.69, 9.17) is 10.5 Å². The van der Waals surface area contributed by atoms with Crippen molar-refractivity contribution >= 4 is 17.4 Å². The number of anilines is 1. The average molecular weight is 447 g/mol. The van der Waals surface area contributed by atoms with E-state index in [1.807, 2.05) is 29.3 Å². The first kappa shape index (κ1) is 21.2. The van der Waals surface area contributed by atoms with Crippen molar-refractivity contribution < 1.29 is 14.3 Å². The summed E-state index contributed by atoms with van der Waals surface area (Å²) in [4.78, 5) is 29.1. The van der Waals surface area contributed by atoms with Crippen molar-refractivity contribution in [2.75, 3.05) is 45.6 Å². The number of amides is 1. The number of nitrogens with two attached hydrogens (primary N) is 1. The summed E-state index contributed by atoms with van der Waals surface area (Å²) in [6.07, 6.45) is 0. The summed E-state index contributed by atoms with van der Waals surface area (Å²) in [5, 5.41) is 9.26. The molecule has 1 saturated heterocycles.